The van der Waals surface area contributed by atoms with Crippen LogP contribution in [0, 0.1) is 11.8 Å². The molecule has 0 bridgehead atoms. The van der Waals surface area contributed by atoms with Crippen LogP contribution < -0.4 is 10.9 Å². The molecular formula is C36H49Cl2N7O7. The standard InChI is InChI=1S/C17H21ClN4O3.C10H8ClN3O3.C8H16O.CH4/c1-4-21-8-12(15(23)11-7-14(18)19-20-16(11)21)17(24)22-5-6-25-13(9-22)10(2)3;1-2-14-4-6(10(16)17)8(15)5-3-7(11)12-13-9(5)14;1-7(2)8-5-3-4-6-9-8;/h7-8,10,13H,4-6,9H2,1-3H3;3-4H,2H2,1H3,(H,16,17);7-8H,3-6H2,1-2H3;1H4/t13-;;8-;/m0.0./s1. The van der Waals surface area contributed by atoms with Crippen molar-refractivity contribution in [1.29, 1.82) is 0 Å². The molecule has 2 aliphatic heterocycles. The molecule has 284 valence electrons. The van der Waals surface area contributed by atoms with Gasteiger partial charge in [-0.2, -0.15) is 0 Å². The number of carbonyl (C=O) groups is 2. The maximum atomic E-state index is 13.0. The molecule has 6 rings (SSSR count). The van der Waals surface area contributed by atoms with Gasteiger partial charge in [0.2, 0.25) is 10.9 Å². The summed E-state index contributed by atoms with van der Waals surface area (Å²) in [6, 6.07) is 2.79. The number of carbonyl (C=O) groups excluding carboxylic acids is 1. The van der Waals surface area contributed by atoms with Crippen LogP contribution in [0.5, 0.6) is 0 Å². The second-order valence-electron chi connectivity index (χ2n) is 13.0. The Morgan fingerprint density at radius 2 is 1.31 bits per heavy atom. The molecule has 0 radical (unpaired) electrons. The largest absolute Gasteiger partial charge is 0.477 e. The molecule has 2 saturated heterocycles. The van der Waals surface area contributed by atoms with Crippen molar-refractivity contribution in [3.8, 4) is 0 Å². The number of halogens is 2. The zero-order chi connectivity index (χ0) is 37.4. The fourth-order valence-electron chi connectivity index (χ4n) is 5.83. The molecule has 1 N–H and O–H groups in total. The predicted octanol–water partition coefficient (Wildman–Crippen LogP) is 5.97. The summed E-state index contributed by atoms with van der Waals surface area (Å²) in [5.74, 6) is -0.540. The number of nitrogens with zero attached hydrogens (tertiary/aromatic N) is 7. The molecule has 2 atom stereocenters. The van der Waals surface area contributed by atoms with Crippen molar-refractivity contribution in [3.63, 3.8) is 0 Å². The average Bonchev–Trinajstić information content (AvgIpc) is 3.13. The number of carboxylic acids is 1. The van der Waals surface area contributed by atoms with E-state index in [2.05, 4.69) is 48.1 Å². The summed E-state index contributed by atoms with van der Waals surface area (Å²) < 4.78 is 14.5. The zero-order valence-electron chi connectivity index (χ0n) is 29.8. The Kier molecular flexibility index (Phi) is 15.7. The number of pyridine rings is 2. The van der Waals surface area contributed by atoms with Gasteiger partial charge < -0.3 is 28.6 Å². The van der Waals surface area contributed by atoms with Crippen LogP contribution in [-0.4, -0.2) is 89.9 Å². The van der Waals surface area contributed by atoms with Crippen molar-refractivity contribution in [2.24, 2.45) is 11.8 Å². The Balaban J connectivity index is 0.000000233. The van der Waals surface area contributed by atoms with Crippen LogP contribution in [0.15, 0.2) is 34.1 Å². The number of amides is 1. The number of hydrogen-bond donors (Lipinski definition) is 1. The first-order valence-corrected chi connectivity index (χ1v) is 17.9. The third-order valence-corrected chi connectivity index (χ3v) is 9.18. The molecule has 4 aromatic rings. The number of carboxylic acid groups (broad SMARTS) is 1. The molecule has 0 unspecified atom stereocenters. The second-order valence-corrected chi connectivity index (χ2v) is 13.8. The summed E-state index contributed by atoms with van der Waals surface area (Å²) in [4.78, 5) is 50.3. The number of ether oxygens (including phenoxy) is 2. The van der Waals surface area contributed by atoms with E-state index in [1.807, 2.05) is 13.8 Å². The maximum absolute atomic E-state index is 13.0. The molecule has 2 aliphatic rings. The van der Waals surface area contributed by atoms with Crippen molar-refractivity contribution in [3.05, 3.63) is 66.4 Å². The van der Waals surface area contributed by atoms with Gasteiger partial charge in [0.05, 0.1) is 29.6 Å². The monoisotopic (exact) mass is 761 g/mol. The van der Waals surface area contributed by atoms with Gasteiger partial charge in [-0.15, -0.1) is 20.4 Å². The Bertz CT molecular complexity index is 1980. The van der Waals surface area contributed by atoms with E-state index in [0.717, 1.165) is 6.61 Å². The van der Waals surface area contributed by atoms with Gasteiger partial charge in [0, 0.05) is 45.2 Å². The Morgan fingerprint density at radius 1 is 0.808 bits per heavy atom. The van der Waals surface area contributed by atoms with Crippen molar-refractivity contribution in [2.45, 2.75) is 93.5 Å². The molecular weight excluding hydrogens is 713 g/mol. The maximum Gasteiger partial charge on any atom is 0.341 e. The van der Waals surface area contributed by atoms with E-state index in [-0.39, 0.29) is 51.7 Å². The normalized spacial score (nSPS) is 17.2. The minimum absolute atomic E-state index is 0. The third-order valence-electron chi connectivity index (χ3n) is 8.81. The van der Waals surface area contributed by atoms with Crippen LogP contribution in [0.25, 0.3) is 22.1 Å². The number of aromatic nitrogens is 6. The molecule has 16 heteroatoms. The molecule has 52 heavy (non-hydrogen) atoms. The molecule has 0 aliphatic carbocycles. The van der Waals surface area contributed by atoms with Gasteiger partial charge in [-0.1, -0.05) is 58.3 Å². The second kappa shape index (κ2) is 19.2. The van der Waals surface area contributed by atoms with E-state index in [4.69, 9.17) is 37.8 Å². The molecule has 4 aromatic heterocycles. The Hall–Kier alpha value is -3.98. The first-order chi connectivity index (χ1) is 24.3. The molecule has 14 nitrogen and oxygen atoms in total. The molecule has 6 heterocycles. The van der Waals surface area contributed by atoms with Crippen LogP contribution in [0.2, 0.25) is 10.3 Å². The minimum atomic E-state index is -1.27. The van der Waals surface area contributed by atoms with Crippen molar-refractivity contribution in [1.82, 2.24) is 34.4 Å². The molecule has 0 spiro atoms. The van der Waals surface area contributed by atoms with Crippen LogP contribution in [-0.2, 0) is 22.6 Å². The van der Waals surface area contributed by atoms with Crippen molar-refractivity contribution in [2.75, 3.05) is 26.3 Å². The Labute approximate surface area is 313 Å². The topological polar surface area (TPSA) is 172 Å². The number of rotatable bonds is 6. The number of fused-ring (bicyclic) bond motifs is 2. The lowest BCUT2D eigenvalue weighted by Crippen LogP contribution is -2.48. The summed E-state index contributed by atoms with van der Waals surface area (Å²) in [5.41, 5.74) is -0.392. The fraction of sp³-hybridized carbons (Fsp3) is 0.556. The molecule has 1 amide bonds. The first-order valence-electron chi connectivity index (χ1n) is 17.2. The summed E-state index contributed by atoms with van der Waals surface area (Å²) in [6.07, 6.45) is 7.26. The van der Waals surface area contributed by atoms with Gasteiger partial charge in [-0.25, -0.2) is 4.79 Å². The lowest BCUT2D eigenvalue weighted by Gasteiger charge is -2.34. The SMILES string of the molecule is C.CC(C)[C@@H]1CCCCO1.CCn1cc(C(=O)N2CCO[C@H](C(C)C)C2)c(=O)c2cc(Cl)nnc21.CCn1cc(C(=O)O)c(=O)c2cc(Cl)nnc21. The Morgan fingerprint density at radius 3 is 1.75 bits per heavy atom. The lowest BCUT2D eigenvalue weighted by atomic mass is 9.99. The fourth-order valence-corrected chi connectivity index (χ4v) is 6.13. The first kappa shape index (κ1) is 42.4. The highest BCUT2D eigenvalue weighted by molar-refractivity contribution is 6.30. The van der Waals surface area contributed by atoms with Crippen LogP contribution in [0.1, 0.15) is 88.9 Å². The van der Waals surface area contributed by atoms with E-state index in [1.165, 1.54) is 37.6 Å². The van der Waals surface area contributed by atoms with E-state index in [0.29, 0.717) is 67.4 Å². The zero-order valence-corrected chi connectivity index (χ0v) is 31.3. The van der Waals surface area contributed by atoms with E-state index < -0.39 is 11.4 Å². The van der Waals surface area contributed by atoms with Crippen molar-refractivity contribution >= 4 is 57.1 Å². The molecule has 0 saturated carbocycles. The minimum Gasteiger partial charge on any atom is -0.477 e. The van der Waals surface area contributed by atoms with Gasteiger partial charge in [0.1, 0.15) is 11.1 Å². The van der Waals surface area contributed by atoms with Crippen LogP contribution in [0.3, 0.4) is 0 Å². The number of aryl methyl sites for hydroxylation is 2. The predicted molar refractivity (Wildman–Crippen MR) is 202 cm³/mol. The van der Waals surface area contributed by atoms with Gasteiger partial charge in [0.15, 0.2) is 21.6 Å². The summed E-state index contributed by atoms with van der Waals surface area (Å²) in [6.45, 7) is 15.8. The van der Waals surface area contributed by atoms with Gasteiger partial charge >= 0.3 is 5.97 Å². The summed E-state index contributed by atoms with van der Waals surface area (Å²) in [5, 5.41) is 24.8. The van der Waals surface area contributed by atoms with Crippen LogP contribution in [0.4, 0.5) is 0 Å². The van der Waals surface area contributed by atoms with E-state index in [9.17, 15) is 19.2 Å². The molecule has 2 fully saturated rings. The smallest absolute Gasteiger partial charge is 0.341 e. The highest BCUT2D eigenvalue weighted by Crippen LogP contribution is 2.20. The van der Waals surface area contributed by atoms with Crippen LogP contribution >= 0.6 is 23.2 Å². The number of hydrogen-bond acceptors (Lipinski definition) is 10. The number of aromatic carboxylic acids is 1. The molecule has 0 aromatic carbocycles. The van der Waals surface area contributed by atoms with Crippen molar-refractivity contribution < 1.29 is 24.2 Å². The van der Waals surface area contributed by atoms with Gasteiger partial charge in [-0.05, 0) is 57.1 Å². The third kappa shape index (κ3) is 10.1. The highest BCUT2D eigenvalue weighted by Gasteiger charge is 2.29. The van der Waals surface area contributed by atoms with E-state index in [1.54, 1.807) is 20.2 Å². The number of morpholine rings is 1. The summed E-state index contributed by atoms with van der Waals surface area (Å²) >= 11 is 11.5. The van der Waals surface area contributed by atoms with E-state index >= 15 is 0 Å². The highest BCUT2D eigenvalue weighted by atomic mass is 35.5. The summed E-state index contributed by atoms with van der Waals surface area (Å²) in [7, 11) is 0. The quantitative estimate of drug-likeness (QED) is 0.245. The van der Waals surface area contributed by atoms with Gasteiger partial charge in [-0.3, -0.25) is 14.4 Å². The van der Waals surface area contributed by atoms with Gasteiger partial charge in [0.25, 0.3) is 5.91 Å². The average molecular weight is 763 g/mol. The lowest BCUT2D eigenvalue weighted by molar-refractivity contribution is -0.0421.